The van der Waals surface area contributed by atoms with Crippen molar-refractivity contribution in [2.75, 3.05) is 12.4 Å². The largest absolute Gasteiger partial charge is 0.497 e. The van der Waals surface area contributed by atoms with Gasteiger partial charge in [-0.25, -0.2) is 13.8 Å². The summed E-state index contributed by atoms with van der Waals surface area (Å²) in [5.74, 6) is -0.934. The second-order valence-electron chi connectivity index (χ2n) is 6.69. The van der Waals surface area contributed by atoms with Crippen molar-refractivity contribution >= 4 is 39.4 Å². The van der Waals surface area contributed by atoms with Gasteiger partial charge in [0.1, 0.15) is 28.9 Å². The molecule has 0 saturated carbocycles. The van der Waals surface area contributed by atoms with E-state index in [9.17, 15) is 8.78 Å². The SMILES string of the molecule is COc1cc(F)c(-c2nc3sc(C)c(C)n3c2Nc2c(C)cccc2Cl)c(F)c1. The first kappa shape index (κ1) is 19.7. The molecule has 0 aliphatic heterocycles. The molecule has 0 atom stereocenters. The zero-order valence-electron chi connectivity index (χ0n) is 16.2. The van der Waals surface area contributed by atoms with E-state index in [1.165, 1.54) is 18.4 Å². The lowest BCUT2D eigenvalue weighted by Crippen LogP contribution is -2.02. The van der Waals surface area contributed by atoms with Crippen LogP contribution in [0.15, 0.2) is 30.3 Å². The van der Waals surface area contributed by atoms with Crippen LogP contribution >= 0.6 is 22.9 Å². The highest BCUT2D eigenvalue weighted by Gasteiger charge is 2.25. The van der Waals surface area contributed by atoms with Crippen molar-refractivity contribution in [2.24, 2.45) is 0 Å². The van der Waals surface area contributed by atoms with Crippen molar-refractivity contribution in [3.8, 4) is 17.0 Å². The van der Waals surface area contributed by atoms with Gasteiger partial charge in [0.05, 0.1) is 23.4 Å². The number of anilines is 2. The molecule has 0 amide bonds. The Kier molecular flexibility index (Phi) is 4.96. The van der Waals surface area contributed by atoms with Crippen LogP contribution in [0.1, 0.15) is 16.1 Å². The van der Waals surface area contributed by atoms with E-state index < -0.39 is 11.6 Å². The van der Waals surface area contributed by atoms with Gasteiger partial charge in [-0.1, -0.05) is 23.7 Å². The highest BCUT2D eigenvalue weighted by atomic mass is 35.5. The molecule has 4 nitrogen and oxygen atoms in total. The molecule has 0 spiro atoms. The number of halogens is 3. The number of para-hydroxylation sites is 1. The fourth-order valence-electron chi connectivity index (χ4n) is 3.24. The summed E-state index contributed by atoms with van der Waals surface area (Å²) in [6.07, 6.45) is 0. The zero-order valence-corrected chi connectivity index (χ0v) is 17.8. The Morgan fingerprint density at radius 2 is 1.83 bits per heavy atom. The molecule has 0 radical (unpaired) electrons. The number of nitrogens with one attached hydrogen (secondary N) is 1. The van der Waals surface area contributed by atoms with E-state index >= 15 is 0 Å². The third-order valence-corrected chi connectivity index (χ3v) is 6.26. The second kappa shape index (κ2) is 7.31. The first-order valence-corrected chi connectivity index (χ1v) is 10.0. The molecule has 4 aromatic rings. The number of nitrogens with zero attached hydrogens (tertiary/aromatic N) is 2. The van der Waals surface area contributed by atoms with Gasteiger partial charge in [0, 0.05) is 22.7 Å². The molecule has 0 fully saturated rings. The molecule has 2 aromatic heterocycles. The van der Waals surface area contributed by atoms with E-state index in [-0.39, 0.29) is 17.0 Å². The predicted octanol–water partition coefficient (Wildman–Crippen LogP) is 6.67. The summed E-state index contributed by atoms with van der Waals surface area (Å²) in [5.41, 5.74) is 2.46. The van der Waals surface area contributed by atoms with Crippen LogP contribution in [0.4, 0.5) is 20.3 Å². The first-order valence-electron chi connectivity index (χ1n) is 8.85. The summed E-state index contributed by atoms with van der Waals surface area (Å²) in [6, 6.07) is 7.81. The van der Waals surface area contributed by atoms with Gasteiger partial charge >= 0.3 is 0 Å². The van der Waals surface area contributed by atoms with Crippen LogP contribution in [-0.2, 0) is 0 Å². The molecule has 0 saturated heterocycles. The van der Waals surface area contributed by atoms with Crippen molar-refractivity contribution in [1.82, 2.24) is 9.38 Å². The smallest absolute Gasteiger partial charge is 0.196 e. The highest BCUT2D eigenvalue weighted by Crippen LogP contribution is 2.40. The molecular weight excluding hydrogens is 416 g/mol. The highest BCUT2D eigenvalue weighted by molar-refractivity contribution is 7.17. The Morgan fingerprint density at radius 1 is 1.14 bits per heavy atom. The van der Waals surface area contributed by atoms with Gasteiger partial charge in [-0.15, -0.1) is 11.3 Å². The maximum atomic E-state index is 14.9. The molecular formula is C21H18ClF2N3OS. The third-order valence-electron chi connectivity index (χ3n) is 4.89. The van der Waals surface area contributed by atoms with Crippen molar-refractivity contribution < 1.29 is 13.5 Å². The van der Waals surface area contributed by atoms with Crippen LogP contribution in [-0.4, -0.2) is 16.5 Å². The van der Waals surface area contributed by atoms with Gasteiger partial charge in [-0.05, 0) is 32.4 Å². The topological polar surface area (TPSA) is 38.6 Å². The normalized spacial score (nSPS) is 11.3. The molecule has 2 heterocycles. The molecule has 0 unspecified atom stereocenters. The van der Waals surface area contributed by atoms with Gasteiger partial charge in [0.25, 0.3) is 0 Å². The number of aromatic nitrogens is 2. The number of methoxy groups -OCH3 is 1. The Morgan fingerprint density at radius 3 is 2.45 bits per heavy atom. The molecule has 2 aromatic carbocycles. The number of fused-ring (bicyclic) bond motifs is 1. The fraction of sp³-hybridized carbons (Fsp3) is 0.190. The van der Waals surface area contributed by atoms with Crippen LogP contribution < -0.4 is 10.1 Å². The lowest BCUT2D eigenvalue weighted by atomic mass is 10.1. The van der Waals surface area contributed by atoms with E-state index in [1.54, 1.807) is 6.07 Å². The maximum Gasteiger partial charge on any atom is 0.196 e. The van der Waals surface area contributed by atoms with E-state index in [4.69, 9.17) is 16.3 Å². The Balaban J connectivity index is 2.00. The molecule has 1 N–H and O–H groups in total. The van der Waals surface area contributed by atoms with Gasteiger partial charge in [-0.3, -0.25) is 4.40 Å². The first-order chi connectivity index (χ1) is 13.8. The summed E-state index contributed by atoms with van der Waals surface area (Å²) in [5, 5.41) is 3.78. The number of hydrogen-bond donors (Lipinski definition) is 1. The van der Waals surface area contributed by atoms with Crippen LogP contribution in [0.2, 0.25) is 5.02 Å². The molecule has 0 aliphatic rings. The average Bonchev–Trinajstić information content (AvgIpc) is 3.14. The number of imidazole rings is 1. The van der Waals surface area contributed by atoms with Crippen LogP contribution in [0.3, 0.4) is 0 Å². The molecule has 0 bridgehead atoms. The van der Waals surface area contributed by atoms with E-state index in [2.05, 4.69) is 10.3 Å². The zero-order chi connectivity index (χ0) is 20.9. The van der Waals surface area contributed by atoms with E-state index in [1.807, 2.05) is 37.3 Å². The minimum atomic E-state index is -0.749. The molecule has 8 heteroatoms. The standard InChI is InChI=1S/C21H18ClF2N3OS/c1-10-6-5-7-14(22)18(10)25-20-19(26-21-27(20)11(2)12(3)29-21)17-15(23)8-13(28-4)9-16(17)24/h5-9,25H,1-4H3. The summed E-state index contributed by atoms with van der Waals surface area (Å²) in [7, 11) is 1.36. The van der Waals surface area contributed by atoms with E-state index in [0.717, 1.165) is 28.3 Å². The Labute approximate surface area is 175 Å². The predicted molar refractivity (Wildman–Crippen MR) is 114 cm³/mol. The summed E-state index contributed by atoms with van der Waals surface area (Å²) < 4.78 is 36.5. The number of rotatable bonds is 4. The quantitative estimate of drug-likeness (QED) is 0.390. The monoisotopic (exact) mass is 433 g/mol. The molecule has 150 valence electrons. The summed E-state index contributed by atoms with van der Waals surface area (Å²) in [4.78, 5) is 6.25. The van der Waals surface area contributed by atoms with Gasteiger partial charge in [0.15, 0.2) is 4.96 Å². The fourth-order valence-corrected chi connectivity index (χ4v) is 4.48. The van der Waals surface area contributed by atoms with Crippen LogP contribution in [0.25, 0.3) is 16.2 Å². The number of thiazole rings is 1. The minimum absolute atomic E-state index is 0.105. The Hall–Kier alpha value is -2.64. The van der Waals surface area contributed by atoms with Gasteiger partial charge in [0.2, 0.25) is 0 Å². The van der Waals surface area contributed by atoms with Crippen molar-refractivity contribution in [1.29, 1.82) is 0 Å². The molecule has 29 heavy (non-hydrogen) atoms. The number of hydrogen-bond acceptors (Lipinski definition) is 4. The van der Waals surface area contributed by atoms with Crippen molar-refractivity contribution in [2.45, 2.75) is 20.8 Å². The van der Waals surface area contributed by atoms with Crippen molar-refractivity contribution in [3.63, 3.8) is 0 Å². The lowest BCUT2D eigenvalue weighted by molar-refractivity contribution is 0.407. The van der Waals surface area contributed by atoms with Gasteiger partial charge in [-0.2, -0.15) is 0 Å². The summed E-state index contributed by atoms with van der Waals surface area (Å²) in [6.45, 7) is 5.83. The van der Waals surface area contributed by atoms with Crippen LogP contribution in [0.5, 0.6) is 5.75 Å². The molecule has 0 aliphatic carbocycles. The average molecular weight is 434 g/mol. The maximum absolute atomic E-state index is 14.9. The molecule has 4 rings (SSSR count). The second-order valence-corrected chi connectivity index (χ2v) is 8.28. The number of aryl methyl sites for hydroxylation is 3. The van der Waals surface area contributed by atoms with E-state index in [0.29, 0.717) is 21.5 Å². The Bertz CT molecular complexity index is 1210. The third kappa shape index (κ3) is 3.24. The summed E-state index contributed by atoms with van der Waals surface area (Å²) >= 11 is 7.84. The van der Waals surface area contributed by atoms with Crippen molar-refractivity contribution in [3.05, 3.63) is 63.1 Å². The number of benzene rings is 2. The minimum Gasteiger partial charge on any atom is -0.497 e. The lowest BCUT2D eigenvalue weighted by Gasteiger charge is -2.14. The van der Waals surface area contributed by atoms with Gasteiger partial charge < -0.3 is 10.1 Å². The number of ether oxygens (including phenoxy) is 1. The van der Waals surface area contributed by atoms with Crippen LogP contribution in [0, 0.1) is 32.4 Å².